The second-order valence-electron chi connectivity index (χ2n) is 4.35. The predicted octanol–water partition coefficient (Wildman–Crippen LogP) is 2.56. The third-order valence-electron chi connectivity index (χ3n) is 2.74. The minimum absolute atomic E-state index is 0.0606. The Hall–Kier alpha value is -3.64. The summed E-state index contributed by atoms with van der Waals surface area (Å²) in [5.74, 6) is 0. The molecule has 0 saturated carbocycles. The van der Waals surface area contributed by atoms with Gasteiger partial charge in [0.1, 0.15) is 6.29 Å². The van der Waals surface area contributed by atoms with Crippen molar-refractivity contribution in [1.29, 1.82) is 5.26 Å². The van der Waals surface area contributed by atoms with Gasteiger partial charge in [-0.3, -0.25) is 25.0 Å². The zero-order valence-electron chi connectivity index (χ0n) is 12.1. The van der Waals surface area contributed by atoms with Gasteiger partial charge in [0.05, 0.1) is 15.9 Å². The second kappa shape index (κ2) is 8.72. The highest BCUT2D eigenvalue weighted by atomic mass is 16.6. The first-order valence-electron chi connectivity index (χ1n) is 6.40. The number of rotatable bonds is 4. The molecule has 2 rings (SSSR count). The number of non-ortho nitro benzene ring substituents is 2. The average Bonchev–Trinajstić information content (AvgIpc) is 2.61. The van der Waals surface area contributed by atoms with E-state index in [0.717, 1.165) is 0 Å². The molecule has 0 amide bonds. The Morgan fingerprint density at radius 2 is 1.58 bits per heavy atom. The number of hydrogen-bond acceptors (Lipinski definition) is 7. The van der Waals surface area contributed by atoms with Crippen LogP contribution in [0, 0.1) is 31.6 Å². The van der Waals surface area contributed by atoms with Crippen molar-refractivity contribution in [3.63, 3.8) is 0 Å². The fraction of sp³-hybridized carbons (Fsp3) is 0.0667. The molecule has 2 aromatic rings. The lowest BCUT2D eigenvalue weighted by molar-refractivity contribution is -0.385. The number of aliphatic hydroxyl groups excluding tert-OH is 1. The number of aliphatic hydroxyl groups is 1. The van der Waals surface area contributed by atoms with E-state index in [1.54, 1.807) is 6.07 Å². The van der Waals surface area contributed by atoms with E-state index in [9.17, 15) is 25.0 Å². The van der Waals surface area contributed by atoms with Gasteiger partial charge in [0.25, 0.3) is 11.4 Å². The summed E-state index contributed by atoms with van der Waals surface area (Å²) >= 11 is 0. The zero-order valence-corrected chi connectivity index (χ0v) is 12.1. The normalized spacial score (nSPS) is 10.5. The van der Waals surface area contributed by atoms with Crippen LogP contribution < -0.4 is 0 Å². The van der Waals surface area contributed by atoms with Gasteiger partial charge in [-0.05, 0) is 0 Å². The van der Waals surface area contributed by atoms with Crippen molar-refractivity contribution in [1.82, 2.24) is 0 Å². The van der Waals surface area contributed by atoms with E-state index >= 15 is 0 Å². The Bertz CT molecular complexity index is 800. The number of nitriles is 1. The van der Waals surface area contributed by atoms with Crippen LogP contribution in [0.15, 0.2) is 48.5 Å². The van der Waals surface area contributed by atoms with Crippen LogP contribution in [0.3, 0.4) is 0 Å². The SMILES string of the molecule is N#CC(O)c1cccc([N+](=O)[O-])c1.O=Cc1cccc([N+](=O)[O-])c1. The van der Waals surface area contributed by atoms with Gasteiger partial charge in [0, 0.05) is 35.4 Å². The maximum absolute atomic E-state index is 10.3. The number of aldehydes is 1. The number of nitro benzene ring substituents is 2. The van der Waals surface area contributed by atoms with Gasteiger partial charge in [0.2, 0.25) is 0 Å². The van der Waals surface area contributed by atoms with E-state index in [4.69, 9.17) is 10.4 Å². The van der Waals surface area contributed by atoms with Gasteiger partial charge >= 0.3 is 0 Å². The Labute approximate surface area is 135 Å². The molecule has 24 heavy (non-hydrogen) atoms. The average molecular weight is 329 g/mol. The molecule has 1 N–H and O–H groups in total. The smallest absolute Gasteiger partial charge is 0.270 e. The van der Waals surface area contributed by atoms with Gasteiger partial charge < -0.3 is 5.11 Å². The number of hydrogen-bond donors (Lipinski definition) is 1. The van der Waals surface area contributed by atoms with Crippen LogP contribution in [0.2, 0.25) is 0 Å². The van der Waals surface area contributed by atoms with Crippen molar-refractivity contribution >= 4 is 17.7 Å². The summed E-state index contributed by atoms with van der Waals surface area (Å²) in [6.07, 6.45) is -0.729. The zero-order chi connectivity index (χ0) is 18.1. The minimum Gasteiger partial charge on any atom is -0.374 e. The van der Waals surface area contributed by atoms with Crippen LogP contribution >= 0.6 is 0 Å². The second-order valence-corrected chi connectivity index (χ2v) is 4.35. The maximum Gasteiger partial charge on any atom is 0.270 e. The third-order valence-corrected chi connectivity index (χ3v) is 2.74. The maximum atomic E-state index is 10.3. The molecule has 9 heteroatoms. The van der Waals surface area contributed by atoms with Gasteiger partial charge in [0.15, 0.2) is 6.10 Å². The van der Waals surface area contributed by atoms with Crippen molar-refractivity contribution in [2.75, 3.05) is 0 Å². The van der Waals surface area contributed by atoms with E-state index in [1.165, 1.54) is 48.5 Å². The molecular weight excluding hydrogens is 318 g/mol. The van der Waals surface area contributed by atoms with E-state index in [0.29, 0.717) is 11.8 Å². The Balaban J connectivity index is 0.000000243. The van der Waals surface area contributed by atoms with Crippen molar-refractivity contribution in [3.05, 3.63) is 79.9 Å². The van der Waals surface area contributed by atoms with Crippen molar-refractivity contribution < 1.29 is 19.7 Å². The third kappa shape index (κ3) is 5.28. The lowest BCUT2D eigenvalue weighted by Gasteiger charge is -2.00. The molecule has 0 aliphatic rings. The molecule has 9 nitrogen and oxygen atoms in total. The molecular formula is C15H11N3O6. The van der Waals surface area contributed by atoms with Gasteiger partial charge in [-0.15, -0.1) is 0 Å². The first-order valence-corrected chi connectivity index (χ1v) is 6.40. The summed E-state index contributed by atoms with van der Waals surface area (Å²) in [6.45, 7) is 0. The van der Waals surface area contributed by atoms with Gasteiger partial charge in [-0.2, -0.15) is 5.26 Å². The monoisotopic (exact) mass is 329 g/mol. The van der Waals surface area contributed by atoms with E-state index in [1.807, 2.05) is 0 Å². The highest BCUT2D eigenvalue weighted by Crippen LogP contribution is 2.18. The fourth-order valence-corrected chi connectivity index (χ4v) is 1.59. The van der Waals surface area contributed by atoms with E-state index in [-0.39, 0.29) is 16.9 Å². The van der Waals surface area contributed by atoms with Crippen LogP contribution in [-0.4, -0.2) is 21.2 Å². The number of nitro groups is 2. The van der Waals surface area contributed by atoms with E-state index in [2.05, 4.69) is 0 Å². The molecule has 0 fully saturated rings. The summed E-state index contributed by atoms with van der Waals surface area (Å²) in [5.41, 5.74) is 0.359. The molecule has 0 aliphatic heterocycles. The van der Waals surface area contributed by atoms with Crippen LogP contribution in [0.5, 0.6) is 0 Å². The molecule has 0 heterocycles. The quantitative estimate of drug-likeness (QED) is 0.392. The first-order chi connectivity index (χ1) is 11.4. The van der Waals surface area contributed by atoms with Crippen molar-refractivity contribution in [3.8, 4) is 6.07 Å². The molecule has 0 bridgehead atoms. The lowest BCUT2D eigenvalue weighted by Crippen LogP contribution is -1.95. The molecule has 2 aromatic carbocycles. The van der Waals surface area contributed by atoms with Crippen LogP contribution in [0.1, 0.15) is 22.0 Å². The number of nitrogens with zero attached hydrogens (tertiary/aromatic N) is 3. The Morgan fingerprint density at radius 3 is 2.08 bits per heavy atom. The van der Waals surface area contributed by atoms with Gasteiger partial charge in [-0.25, -0.2) is 0 Å². The molecule has 1 unspecified atom stereocenters. The first kappa shape index (κ1) is 18.4. The van der Waals surface area contributed by atoms with Crippen LogP contribution in [0.25, 0.3) is 0 Å². The largest absolute Gasteiger partial charge is 0.374 e. The highest BCUT2D eigenvalue weighted by molar-refractivity contribution is 5.75. The molecule has 0 aromatic heterocycles. The topological polar surface area (TPSA) is 147 Å². The lowest BCUT2D eigenvalue weighted by atomic mass is 10.1. The van der Waals surface area contributed by atoms with Crippen LogP contribution in [-0.2, 0) is 0 Å². The summed E-state index contributed by atoms with van der Waals surface area (Å²) < 4.78 is 0. The van der Waals surface area contributed by atoms with Crippen LogP contribution in [0.4, 0.5) is 11.4 Å². The highest BCUT2D eigenvalue weighted by Gasteiger charge is 2.10. The molecule has 0 saturated heterocycles. The Morgan fingerprint density at radius 1 is 1.04 bits per heavy atom. The summed E-state index contributed by atoms with van der Waals surface area (Å²) in [4.78, 5) is 29.5. The predicted molar refractivity (Wildman–Crippen MR) is 82.2 cm³/mol. The van der Waals surface area contributed by atoms with Crippen molar-refractivity contribution in [2.45, 2.75) is 6.10 Å². The van der Waals surface area contributed by atoms with E-state index < -0.39 is 16.0 Å². The minimum atomic E-state index is -1.31. The van der Waals surface area contributed by atoms with Crippen molar-refractivity contribution in [2.24, 2.45) is 0 Å². The number of carbonyl (C=O) groups excluding carboxylic acids is 1. The standard InChI is InChI=1S/C8H6N2O3.C7H5NO3/c9-5-8(11)6-2-1-3-7(4-6)10(12)13;9-5-6-2-1-3-7(4-6)8(10)11/h1-4,8,11H;1-5H. The molecule has 0 aliphatic carbocycles. The molecule has 0 spiro atoms. The molecule has 122 valence electrons. The fourth-order valence-electron chi connectivity index (χ4n) is 1.59. The Kier molecular flexibility index (Phi) is 6.69. The molecule has 0 radical (unpaired) electrons. The number of carbonyl (C=O) groups is 1. The molecule has 1 atom stereocenters. The summed E-state index contributed by atoms with van der Waals surface area (Å²) in [6, 6.07) is 12.5. The number of benzene rings is 2. The van der Waals surface area contributed by atoms with Gasteiger partial charge in [-0.1, -0.05) is 24.3 Å². The summed E-state index contributed by atoms with van der Waals surface area (Å²) in [5, 5.41) is 37.9. The summed E-state index contributed by atoms with van der Waals surface area (Å²) in [7, 11) is 0.